The lowest BCUT2D eigenvalue weighted by molar-refractivity contribution is 0.442. The van der Waals surface area contributed by atoms with E-state index in [4.69, 9.17) is 4.52 Å². The fraction of sp³-hybridized carbons (Fsp3) is 0.133. The van der Waals surface area contributed by atoms with Crippen molar-refractivity contribution in [3.63, 3.8) is 0 Å². The molecule has 0 N–H and O–H groups in total. The first kappa shape index (κ1) is 12.3. The van der Waals surface area contributed by atoms with E-state index in [1.54, 1.807) is 17.6 Å². The van der Waals surface area contributed by atoms with Crippen molar-refractivity contribution < 1.29 is 4.52 Å². The third kappa shape index (κ3) is 2.03. The van der Waals surface area contributed by atoms with Gasteiger partial charge in [0.15, 0.2) is 0 Å². The number of hydrogen-bond acceptors (Lipinski definition) is 4. The van der Waals surface area contributed by atoms with Gasteiger partial charge < -0.3 is 4.52 Å². The van der Waals surface area contributed by atoms with Gasteiger partial charge in [0.1, 0.15) is 11.7 Å². The van der Waals surface area contributed by atoms with Crippen LogP contribution in [0.5, 0.6) is 0 Å². The average molecular weight is 267 g/mol. The maximum atomic E-state index is 12.3. The molecular weight excluding hydrogens is 254 g/mol. The lowest BCUT2D eigenvalue weighted by Crippen LogP contribution is -2.21. The van der Waals surface area contributed by atoms with Crippen LogP contribution in [0.15, 0.2) is 46.5 Å². The summed E-state index contributed by atoms with van der Waals surface area (Å²) in [5.41, 5.74) is 2.78. The normalized spacial score (nSPS) is 10.8. The summed E-state index contributed by atoms with van der Waals surface area (Å²) in [6.45, 7) is 5.91. The molecule has 0 bridgehead atoms. The monoisotopic (exact) mass is 267 g/mol. The SMILES string of the molecule is C=Cc1ccc(Cn2cnc3onc(C)c3c2=O)cc1. The van der Waals surface area contributed by atoms with Crippen LogP contribution in [0.1, 0.15) is 16.8 Å². The second-order valence-electron chi connectivity index (χ2n) is 4.57. The van der Waals surface area contributed by atoms with Crippen molar-refractivity contribution in [3.05, 3.63) is 64.3 Å². The molecule has 20 heavy (non-hydrogen) atoms. The minimum atomic E-state index is -0.137. The Bertz CT molecular complexity index is 828. The van der Waals surface area contributed by atoms with Crippen LogP contribution in [0.4, 0.5) is 0 Å². The van der Waals surface area contributed by atoms with E-state index < -0.39 is 0 Å². The lowest BCUT2D eigenvalue weighted by Gasteiger charge is -2.05. The highest BCUT2D eigenvalue weighted by atomic mass is 16.5. The number of fused-ring (bicyclic) bond motifs is 1. The molecular formula is C15H13N3O2. The van der Waals surface area contributed by atoms with Gasteiger partial charge in [-0.3, -0.25) is 9.36 Å². The van der Waals surface area contributed by atoms with Crippen LogP contribution in [0.25, 0.3) is 17.2 Å². The van der Waals surface area contributed by atoms with Gasteiger partial charge in [0, 0.05) is 0 Å². The Morgan fingerprint density at radius 1 is 1.35 bits per heavy atom. The Labute approximate surface area is 115 Å². The Balaban J connectivity index is 2.01. The number of nitrogens with zero attached hydrogens (tertiary/aromatic N) is 3. The molecule has 5 heteroatoms. The molecule has 0 aliphatic rings. The minimum Gasteiger partial charge on any atom is -0.335 e. The van der Waals surface area contributed by atoms with E-state index in [0.29, 0.717) is 17.6 Å². The molecule has 0 saturated carbocycles. The molecule has 0 fully saturated rings. The molecule has 0 unspecified atom stereocenters. The maximum absolute atomic E-state index is 12.3. The Kier molecular flexibility index (Phi) is 2.95. The molecule has 1 aromatic carbocycles. The van der Waals surface area contributed by atoms with Crippen LogP contribution in [-0.4, -0.2) is 14.7 Å². The summed E-state index contributed by atoms with van der Waals surface area (Å²) in [5, 5.41) is 4.21. The van der Waals surface area contributed by atoms with Gasteiger partial charge in [-0.2, -0.15) is 0 Å². The molecule has 3 rings (SSSR count). The quantitative estimate of drug-likeness (QED) is 0.731. The summed E-state index contributed by atoms with van der Waals surface area (Å²) in [6, 6.07) is 7.86. The van der Waals surface area contributed by atoms with Gasteiger partial charge in [0.05, 0.1) is 12.2 Å². The van der Waals surface area contributed by atoms with Crippen molar-refractivity contribution >= 4 is 17.2 Å². The maximum Gasteiger partial charge on any atom is 0.266 e. The molecule has 100 valence electrons. The van der Waals surface area contributed by atoms with Crippen molar-refractivity contribution in [2.24, 2.45) is 0 Å². The zero-order valence-corrected chi connectivity index (χ0v) is 11.0. The Hall–Kier alpha value is -2.69. The topological polar surface area (TPSA) is 60.9 Å². The standard InChI is InChI=1S/C15H13N3O2/c1-3-11-4-6-12(7-5-11)8-18-9-16-14-13(15(18)19)10(2)17-20-14/h3-7,9H,1,8H2,2H3. The van der Waals surface area contributed by atoms with Gasteiger partial charge in [-0.05, 0) is 18.1 Å². The number of aromatic nitrogens is 3. The van der Waals surface area contributed by atoms with Crippen molar-refractivity contribution in [2.45, 2.75) is 13.5 Å². The zero-order chi connectivity index (χ0) is 14.1. The Morgan fingerprint density at radius 2 is 2.10 bits per heavy atom. The highest BCUT2D eigenvalue weighted by Gasteiger charge is 2.12. The highest BCUT2D eigenvalue weighted by molar-refractivity contribution is 5.73. The third-order valence-corrected chi connectivity index (χ3v) is 3.20. The summed E-state index contributed by atoms with van der Waals surface area (Å²) in [5.74, 6) is 0. The van der Waals surface area contributed by atoms with E-state index in [1.807, 2.05) is 24.3 Å². The Morgan fingerprint density at radius 3 is 2.80 bits per heavy atom. The van der Waals surface area contributed by atoms with Gasteiger partial charge >= 0.3 is 0 Å². The van der Waals surface area contributed by atoms with Crippen molar-refractivity contribution in [2.75, 3.05) is 0 Å². The molecule has 0 saturated heterocycles. The molecule has 5 nitrogen and oxygen atoms in total. The second-order valence-corrected chi connectivity index (χ2v) is 4.57. The molecule has 2 heterocycles. The summed E-state index contributed by atoms with van der Waals surface area (Å²) in [6.07, 6.45) is 3.26. The molecule has 0 atom stereocenters. The first-order chi connectivity index (χ1) is 9.69. The third-order valence-electron chi connectivity index (χ3n) is 3.20. The largest absolute Gasteiger partial charge is 0.335 e. The predicted octanol–water partition coefficient (Wildman–Crippen LogP) is 2.38. The van der Waals surface area contributed by atoms with Crippen LogP contribution < -0.4 is 5.56 Å². The molecule has 0 spiro atoms. The van der Waals surface area contributed by atoms with Crippen LogP contribution in [0.2, 0.25) is 0 Å². The first-order valence-corrected chi connectivity index (χ1v) is 6.22. The van der Waals surface area contributed by atoms with Crippen LogP contribution in [-0.2, 0) is 6.54 Å². The van der Waals surface area contributed by atoms with Crippen LogP contribution >= 0.6 is 0 Å². The van der Waals surface area contributed by atoms with E-state index in [0.717, 1.165) is 11.1 Å². The van der Waals surface area contributed by atoms with Gasteiger partial charge in [0.2, 0.25) is 0 Å². The van der Waals surface area contributed by atoms with Crippen LogP contribution in [0.3, 0.4) is 0 Å². The minimum absolute atomic E-state index is 0.137. The molecule has 0 aliphatic heterocycles. The summed E-state index contributed by atoms with van der Waals surface area (Å²) in [7, 11) is 0. The van der Waals surface area contributed by atoms with E-state index >= 15 is 0 Å². The number of benzene rings is 1. The zero-order valence-electron chi connectivity index (χ0n) is 11.0. The number of hydrogen-bond donors (Lipinski definition) is 0. The number of rotatable bonds is 3. The van der Waals surface area contributed by atoms with E-state index in [9.17, 15) is 4.79 Å². The summed E-state index contributed by atoms with van der Waals surface area (Å²) in [4.78, 5) is 16.5. The molecule has 2 aromatic heterocycles. The van der Waals surface area contributed by atoms with Crippen molar-refractivity contribution in [1.29, 1.82) is 0 Å². The smallest absolute Gasteiger partial charge is 0.266 e. The van der Waals surface area contributed by atoms with E-state index in [2.05, 4.69) is 16.7 Å². The average Bonchev–Trinajstić information content (AvgIpc) is 2.85. The van der Waals surface area contributed by atoms with Gasteiger partial charge in [-0.25, -0.2) is 4.98 Å². The fourth-order valence-corrected chi connectivity index (χ4v) is 2.08. The van der Waals surface area contributed by atoms with E-state index in [-0.39, 0.29) is 11.3 Å². The van der Waals surface area contributed by atoms with Crippen molar-refractivity contribution in [3.8, 4) is 0 Å². The first-order valence-electron chi connectivity index (χ1n) is 6.22. The summed E-state index contributed by atoms with van der Waals surface area (Å²) >= 11 is 0. The molecule has 3 aromatic rings. The highest BCUT2D eigenvalue weighted by Crippen LogP contribution is 2.11. The predicted molar refractivity (Wildman–Crippen MR) is 76.4 cm³/mol. The molecule has 0 radical (unpaired) electrons. The van der Waals surface area contributed by atoms with Gasteiger partial charge in [-0.15, -0.1) is 0 Å². The van der Waals surface area contributed by atoms with Crippen molar-refractivity contribution in [1.82, 2.24) is 14.7 Å². The lowest BCUT2D eigenvalue weighted by atomic mass is 10.1. The summed E-state index contributed by atoms with van der Waals surface area (Å²) < 4.78 is 6.53. The second kappa shape index (κ2) is 4.77. The van der Waals surface area contributed by atoms with E-state index in [1.165, 1.54) is 6.33 Å². The van der Waals surface area contributed by atoms with Gasteiger partial charge in [-0.1, -0.05) is 42.1 Å². The van der Waals surface area contributed by atoms with Crippen LogP contribution in [0, 0.1) is 6.92 Å². The van der Waals surface area contributed by atoms with Gasteiger partial charge in [0.25, 0.3) is 11.3 Å². The molecule has 0 amide bonds. The fourth-order valence-electron chi connectivity index (χ4n) is 2.08. The number of aryl methyl sites for hydroxylation is 1. The molecule has 0 aliphatic carbocycles.